The van der Waals surface area contributed by atoms with Crippen LogP contribution >= 0.6 is 0 Å². The van der Waals surface area contributed by atoms with Crippen molar-refractivity contribution in [2.24, 2.45) is 0 Å². The first kappa shape index (κ1) is 9.61. The van der Waals surface area contributed by atoms with Gasteiger partial charge in [-0.05, 0) is 21.5 Å². The second-order valence-electron chi connectivity index (χ2n) is 4.50. The van der Waals surface area contributed by atoms with Crippen molar-refractivity contribution in [2.45, 2.75) is 6.55 Å². The molecule has 0 unspecified atom stereocenters. The van der Waals surface area contributed by atoms with Gasteiger partial charge in [-0.3, -0.25) is 0 Å². The Hall–Kier alpha value is -1.60. The standard InChI is InChI=1S/C15H14Si/c1-3-16(2)14-10-6-4-8-12(14)13-9-5-7-11-15(13)16/h3-11H,1H2,2H3. The monoisotopic (exact) mass is 222 g/mol. The fourth-order valence-electron chi connectivity index (χ4n) is 2.71. The van der Waals surface area contributed by atoms with Gasteiger partial charge in [-0.2, -0.15) is 0 Å². The Kier molecular flexibility index (Phi) is 1.92. The number of hydrogen-bond donors (Lipinski definition) is 0. The van der Waals surface area contributed by atoms with Crippen molar-refractivity contribution in [3.8, 4) is 11.1 Å². The van der Waals surface area contributed by atoms with Gasteiger partial charge < -0.3 is 0 Å². The van der Waals surface area contributed by atoms with Crippen LogP contribution in [-0.4, -0.2) is 8.07 Å². The Balaban J connectivity index is 2.43. The highest BCUT2D eigenvalue weighted by atomic mass is 28.3. The van der Waals surface area contributed by atoms with Crippen molar-refractivity contribution < 1.29 is 0 Å². The predicted octanol–water partition coefficient (Wildman–Crippen LogP) is 2.58. The van der Waals surface area contributed by atoms with Crippen LogP contribution in [0.15, 0.2) is 60.8 Å². The highest BCUT2D eigenvalue weighted by Crippen LogP contribution is 2.27. The summed E-state index contributed by atoms with van der Waals surface area (Å²) in [5.41, 5.74) is 5.01. The van der Waals surface area contributed by atoms with Crippen LogP contribution in [0.4, 0.5) is 0 Å². The fraction of sp³-hybridized carbons (Fsp3) is 0.0667. The molecule has 0 spiro atoms. The first-order valence-electron chi connectivity index (χ1n) is 5.60. The van der Waals surface area contributed by atoms with Crippen LogP contribution < -0.4 is 10.4 Å². The lowest BCUT2D eigenvalue weighted by molar-refractivity contribution is 1.71. The van der Waals surface area contributed by atoms with Crippen molar-refractivity contribution in [2.75, 3.05) is 0 Å². The molecule has 0 nitrogen and oxygen atoms in total. The molecule has 0 atom stereocenters. The minimum absolute atomic E-state index is 1.41. The zero-order chi connectivity index (χ0) is 11.2. The third-order valence-corrected chi connectivity index (χ3v) is 7.60. The Bertz CT molecular complexity index is 524. The molecule has 0 aliphatic carbocycles. The number of rotatable bonds is 1. The van der Waals surface area contributed by atoms with Crippen LogP contribution in [0.1, 0.15) is 0 Å². The molecular weight excluding hydrogens is 208 g/mol. The summed E-state index contributed by atoms with van der Waals surface area (Å²) in [6, 6.07) is 17.5. The molecule has 0 aromatic heterocycles. The van der Waals surface area contributed by atoms with Crippen LogP contribution in [0.2, 0.25) is 6.55 Å². The van der Waals surface area contributed by atoms with Crippen LogP contribution in [-0.2, 0) is 0 Å². The molecule has 0 amide bonds. The van der Waals surface area contributed by atoms with Crippen LogP contribution in [0, 0.1) is 0 Å². The number of benzene rings is 2. The van der Waals surface area contributed by atoms with Gasteiger partial charge in [-0.25, -0.2) is 0 Å². The molecule has 0 saturated heterocycles. The van der Waals surface area contributed by atoms with E-state index in [1.807, 2.05) is 0 Å². The molecule has 0 N–H and O–H groups in total. The molecule has 1 aliphatic rings. The van der Waals surface area contributed by atoms with Gasteiger partial charge in [0, 0.05) is 0 Å². The van der Waals surface area contributed by atoms with Gasteiger partial charge >= 0.3 is 0 Å². The highest BCUT2D eigenvalue weighted by molar-refractivity contribution is 7.08. The molecule has 1 heteroatoms. The maximum atomic E-state index is 4.07. The summed E-state index contributed by atoms with van der Waals surface area (Å²) in [5.74, 6) is 0. The maximum absolute atomic E-state index is 4.07. The molecule has 0 saturated carbocycles. The summed E-state index contributed by atoms with van der Waals surface area (Å²) in [5, 5.41) is 3.01. The summed E-state index contributed by atoms with van der Waals surface area (Å²) in [6.45, 7) is 6.45. The Morgan fingerprint density at radius 3 is 1.75 bits per heavy atom. The highest BCUT2D eigenvalue weighted by Gasteiger charge is 2.38. The lowest BCUT2D eigenvalue weighted by Gasteiger charge is -2.19. The van der Waals surface area contributed by atoms with E-state index in [4.69, 9.17) is 0 Å². The lowest BCUT2D eigenvalue weighted by Crippen LogP contribution is -2.50. The average molecular weight is 222 g/mol. The zero-order valence-electron chi connectivity index (χ0n) is 9.40. The second kappa shape index (κ2) is 3.19. The van der Waals surface area contributed by atoms with Gasteiger partial charge in [-0.15, -0.1) is 6.58 Å². The second-order valence-corrected chi connectivity index (χ2v) is 8.39. The first-order valence-corrected chi connectivity index (χ1v) is 8.18. The molecule has 0 bridgehead atoms. The summed E-state index contributed by atoms with van der Waals surface area (Å²) < 4.78 is 0. The number of hydrogen-bond acceptors (Lipinski definition) is 0. The van der Waals surface area contributed by atoms with Crippen LogP contribution in [0.25, 0.3) is 11.1 Å². The molecule has 78 valence electrons. The van der Waals surface area contributed by atoms with E-state index < -0.39 is 8.07 Å². The largest absolute Gasteiger partial charge is 0.139 e. The molecule has 2 aromatic carbocycles. The van der Waals surface area contributed by atoms with E-state index in [9.17, 15) is 0 Å². The normalized spacial score (nSPS) is 15.3. The van der Waals surface area contributed by atoms with E-state index in [2.05, 4.69) is 67.4 Å². The minimum Gasteiger partial charge on any atom is -0.106 e. The zero-order valence-corrected chi connectivity index (χ0v) is 10.4. The Morgan fingerprint density at radius 2 is 1.31 bits per heavy atom. The molecule has 1 aliphatic heterocycles. The molecule has 3 rings (SSSR count). The van der Waals surface area contributed by atoms with Crippen molar-refractivity contribution in [1.82, 2.24) is 0 Å². The van der Waals surface area contributed by atoms with Gasteiger partial charge in [0.1, 0.15) is 8.07 Å². The van der Waals surface area contributed by atoms with E-state index >= 15 is 0 Å². The minimum atomic E-state index is -1.64. The van der Waals surface area contributed by atoms with Crippen molar-refractivity contribution >= 4 is 18.4 Å². The smallest absolute Gasteiger partial charge is 0.106 e. The third-order valence-electron chi connectivity index (χ3n) is 3.67. The number of fused-ring (bicyclic) bond motifs is 3. The van der Waals surface area contributed by atoms with Gasteiger partial charge in [-0.1, -0.05) is 60.8 Å². The van der Waals surface area contributed by atoms with E-state index in [-0.39, 0.29) is 0 Å². The van der Waals surface area contributed by atoms with E-state index in [1.165, 1.54) is 21.5 Å². The molecule has 1 heterocycles. The van der Waals surface area contributed by atoms with Crippen molar-refractivity contribution in [1.29, 1.82) is 0 Å². The predicted molar refractivity (Wildman–Crippen MR) is 73.0 cm³/mol. The summed E-state index contributed by atoms with van der Waals surface area (Å²) in [7, 11) is -1.64. The topological polar surface area (TPSA) is 0 Å². The van der Waals surface area contributed by atoms with Gasteiger partial charge in [0.25, 0.3) is 0 Å². The Labute approximate surface area is 97.3 Å². The van der Waals surface area contributed by atoms with Crippen LogP contribution in [0.3, 0.4) is 0 Å². The van der Waals surface area contributed by atoms with Crippen molar-refractivity contribution in [3.05, 3.63) is 60.8 Å². The Morgan fingerprint density at radius 1 is 0.875 bits per heavy atom. The van der Waals surface area contributed by atoms with E-state index in [0.717, 1.165) is 0 Å². The molecular formula is C15H14Si. The quantitative estimate of drug-likeness (QED) is 0.651. The molecule has 16 heavy (non-hydrogen) atoms. The third kappa shape index (κ3) is 1.04. The summed E-state index contributed by atoms with van der Waals surface area (Å²) in [4.78, 5) is 0. The van der Waals surface area contributed by atoms with E-state index in [0.29, 0.717) is 0 Å². The fourth-order valence-corrected chi connectivity index (χ4v) is 5.88. The summed E-state index contributed by atoms with van der Waals surface area (Å²) >= 11 is 0. The van der Waals surface area contributed by atoms with E-state index in [1.54, 1.807) is 0 Å². The SMILES string of the molecule is C=C[Si]1(C)c2ccccc2-c2ccccc21. The lowest BCUT2D eigenvalue weighted by atomic mass is 10.1. The maximum Gasteiger partial charge on any atom is 0.139 e. The van der Waals surface area contributed by atoms with Gasteiger partial charge in [0.2, 0.25) is 0 Å². The van der Waals surface area contributed by atoms with Gasteiger partial charge in [0.15, 0.2) is 0 Å². The molecule has 0 radical (unpaired) electrons. The first-order chi connectivity index (χ1) is 7.77. The van der Waals surface area contributed by atoms with Gasteiger partial charge in [0.05, 0.1) is 0 Å². The molecule has 0 fully saturated rings. The summed E-state index contributed by atoms with van der Waals surface area (Å²) in [6.07, 6.45) is 0. The van der Waals surface area contributed by atoms with Crippen LogP contribution in [0.5, 0.6) is 0 Å². The average Bonchev–Trinajstić information content (AvgIpc) is 2.62. The molecule has 2 aromatic rings. The van der Waals surface area contributed by atoms with Crippen molar-refractivity contribution in [3.63, 3.8) is 0 Å².